The zero-order valence-corrected chi connectivity index (χ0v) is 13.2. The lowest BCUT2D eigenvalue weighted by molar-refractivity contribution is 0.0208. The molecule has 112 valence electrons. The summed E-state index contributed by atoms with van der Waals surface area (Å²) in [6.45, 7) is 16.0. The molecule has 2 saturated heterocycles. The van der Waals surface area contributed by atoms with E-state index in [-0.39, 0.29) is 0 Å². The van der Waals surface area contributed by atoms with Gasteiger partial charge in [-0.05, 0) is 31.3 Å². The van der Waals surface area contributed by atoms with Gasteiger partial charge < -0.3 is 10.2 Å². The highest BCUT2D eigenvalue weighted by atomic mass is 15.3. The maximum atomic E-state index is 3.55. The van der Waals surface area contributed by atoms with Crippen LogP contribution >= 0.6 is 0 Å². The molecular formula is C16H33N3. The molecule has 1 N–H and O–H groups in total. The maximum absolute atomic E-state index is 3.55. The highest BCUT2D eigenvalue weighted by molar-refractivity contribution is 4.93. The lowest BCUT2D eigenvalue weighted by Crippen LogP contribution is -2.59. The first-order chi connectivity index (χ1) is 9.13. The number of piperazine rings is 1. The van der Waals surface area contributed by atoms with Crippen LogP contribution in [-0.2, 0) is 0 Å². The van der Waals surface area contributed by atoms with E-state index in [1.165, 1.54) is 71.5 Å². The van der Waals surface area contributed by atoms with Crippen molar-refractivity contribution in [2.24, 2.45) is 5.41 Å². The fraction of sp³-hybridized carbons (Fsp3) is 1.00. The molecule has 2 aliphatic heterocycles. The van der Waals surface area contributed by atoms with Gasteiger partial charge in [0.15, 0.2) is 0 Å². The second-order valence-corrected chi connectivity index (χ2v) is 7.05. The second-order valence-electron chi connectivity index (χ2n) is 7.05. The number of nitrogens with zero attached hydrogens (tertiary/aromatic N) is 2. The van der Waals surface area contributed by atoms with Crippen molar-refractivity contribution in [3.63, 3.8) is 0 Å². The van der Waals surface area contributed by atoms with Crippen molar-refractivity contribution in [1.29, 1.82) is 0 Å². The van der Waals surface area contributed by atoms with Gasteiger partial charge in [0.1, 0.15) is 0 Å². The molecular weight excluding hydrogens is 234 g/mol. The van der Waals surface area contributed by atoms with Gasteiger partial charge in [-0.15, -0.1) is 0 Å². The minimum Gasteiger partial charge on any atom is -0.316 e. The highest BCUT2D eigenvalue weighted by Gasteiger charge is 2.37. The molecule has 19 heavy (non-hydrogen) atoms. The van der Waals surface area contributed by atoms with Gasteiger partial charge >= 0.3 is 0 Å². The Morgan fingerprint density at radius 1 is 1.11 bits per heavy atom. The molecule has 0 amide bonds. The van der Waals surface area contributed by atoms with Crippen LogP contribution in [0, 0.1) is 5.41 Å². The number of rotatable bonds is 5. The van der Waals surface area contributed by atoms with Gasteiger partial charge in [0.05, 0.1) is 0 Å². The summed E-state index contributed by atoms with van der Waals surface area (Å²) < 4.78 is 0. The molecule has 2 aliphatic rings. The SMILES string of the molecule is CCCCCN1CCN(C2CCNCC2(C)C)CC1. The summed E-state index contributed by atoms with van der Waals surface area (Å²) in [5.74, 6) is 0. The summed E-state index contributed by atoms with van der Waals surface area (Å²) in [5.41, 5.74) is 0.433. The molecule has 0 saturated carbocycles. The predicted molar refractivity (Wildman–Crippen MR) is 82.6 cm³/mol. The first-order valence-electron chi connectivity index (χ1n) is 8.30. The van der Waals surface area contributed by atoms with Crippen LogP contribution in [0.15, 0.2) is 0 Å². The van der Waals surface area contributed by atoms with Gasteiger partial charge in [-0.3, -0.25) is 4.90 Å². The summed E-state index contributed by atoms with van der Waals surface area (Å²) in [6.07, 6.45) is 5.43. The first-order valence-corrected chi connectivity index (χ1v) is 8.30. The highest BCUT2D eigenvalue weighted by Crippen LogP contribution is 2.30. The summed E-state index contributed by atoms with van der Waals surface area (Å²) in [6, 6.07) is 0.784. The summed E-state index contributed by atoms with van der Waals surface area (Å²) in [4.78, 5) is 5.43. The molecule has 1 atom stereocenters. The lowest BCUT2D eigenvalue weighted by Gasteiger charge is -2.48. The minimum atomic E-state index is 0.433. The smallest absolute Gasteiger partial charge is 0.0172 e. The standard InChI is InChI=1S/C16H33N3/c1-4-5-6-9-18-10-12-19(13-11-18)15-7-8-17-14-16(15,2)3/h15,17H,4-14H2,1-3H3. The van der Waals surface area contributed by atoms with Crippen LogP contribution < -0.4 is 5.32 Å². The Morgan fingerprint density at radius 2 is 1.84 bits per heavy atom. The molecule has 0 radical (unpaired) electrons. The van der Waals surface area contributed by atoms with E-state index in [0.29, 0.717) is 5.41 Å². The quantitative estimate of drug-likeness (QED) is 0.770. The molecule has 2 heterocycles. The van der Waals surface area contributed by atoms with Gasteiger partial charge in [-0.25, -0.2) is 0 Å². The first kappa shape index (κ1) is 15.3. The summed E-state index contributed by atoms with van der Waals surface area (Å²) in [5, 5.41) is 3.55. The van der Waals surface area contributed by atoms with Crippen molar-refractivity contribution in [3.05, 3.63) is 0 Å². The molecule has 1 unspecified atom stereocenters. The normalized spacial score (nSPS) is 29.5. The number of unbranched alkanes of at least 4 members (excludes halogenated alkanes) is 2. The Labute approximate surface area is 119 Å². The molecule has 0 aromatic heterocycles. The van der Waals surface area contributed by atoms with Gasteiger partial charge in [-0.2, -0.15) is 0 Å². The van der Waals surface area contributed by atoms with Gasteiger partial charge in [0, 0.05) is 38.8 Å². The van der Waals surface area contributed by atoms with Crippen LogP contribution in [0.2, 0.25) is 0 Å². The van der Waals surface area contributed by atoms with Crippen molar-refractivity contribution in [2.75, 3.05) is 45.8 Å². The molecule has 0 spiro atoms. The maximum Gasteiger partial charge on any atom is 0.0172 e. The molecule has 2 rings (SSSR count). The van der Waals surface area contributed by atoms with E-state index >= 15 is 0 Å². The Balaban J connectivity index is 1.76. The molecule has 0 aromatic rings. The number of hydrogen-bond donors (Lipinski definition) is 1. The van der Waals surface area contributed by atoms with Crippen molar-refractivity contribution in [1.82, 2.24) is 15.1 Å². The van der Waals surface area contributed by atoms with E-state index in [0.717, 1.165) is 6.04 Å². The van der Waals surface area contributed by atoms with Gasteiger partial charge in [0.2, 0.25) is 0 Å². The van der Waals surface area contributed by atoms with E-state index in [4.69, 9.17) is 0 Å². The average Bonchev–Trinajstić information content (AvgIpc) is 2.40. The Bertz CT molecular complexity index is 257. The van der Waals surface area contributed by atoms with Crippen molar-refractivity contribution < 1.29 is 0 Å². The molecule has 3 nitrogen and oxygen atoms in total. The summed E-state index contributed by atoms with van der Waals surface area (Å²) >= 11 is 0. The largest absolute Gasteiger partial charge is 0.316 e. The van der Waals surface area contributed by atoms with Crippen LogP contribution in [0.25, 0.3) is 0 Å². The lowest BCUT2D eigenvalue weighted by atomic mass is 9.79. The topological polar surface area (TPSA) is 18.5 Å². The Hall–Kier alpha value is -0.120. The Morgan fingerprint density at radius 3 is 2.47 bits per heavy atom. The van der Waals surface area contributed by atoms with Crippen LogP contribution in [0.5, 0.6) is 0 Å². The summed E-state index contributed by atoms with van der Waals surface area (Å²) in [7, 11) is 0. The predicted octanol–water partition coefficient (Wildman–Crippen LogP) is 2.18. The number of piperidine rings is 1. The fourth-order valence-corrected chi connectivity index (χ4v) is 3.72. The Kier molecular flexibility index (Phi) is 5.67. The molecule has 0 bridgehead atoms. The molecule has 0 aliphatic carbocycles. The van der Waals surface area contributed by atoms with E-state index < -0.39 is 0 Å². The van der Waals surface area contributed by atoms with Gasteiger partial charge in [0.25, 0.3) is 0 Å². The van der Waals surface area contributed by atoms with E-state index in [1.54, 1.807) is 0 Å². The fourth-order valence-electron chi connectivity index (χ4n) is 3.72. The molecule has 3 heteroatoms. The number of nitrogens with one attached hydrogen (secondary N) is 1. The average molecular weight is 267 g/mol. The zero-order chi connectivity index (χ0) is 13.7. The van der Waals surface area contributed by atoms with Gasteiger partial charge in [-0.1, -0.05) is 33.6 Å². The third kappa shape index (κ3) is 4.17. The molecule has 0 aromatic carbocycles. The van der Waals surface area contributed by atoms with E-state index in [1.807, 2.05) is 0 Å². The monoisotopic (exact) mass is 267 g/mol. The van der Waals surface area contributed by atoms with Crippen LogP contribution in [0.1, 0.15) is 46.5 Å². The molecule has 2 fully saturated rings. The zero-order valence-electron chi connectivity index (χ0n) is 13.2. The third-order valence-electron chi connectivity index (χ3n) is 5.00. The van der Waals surface area contributed by atoms with Crippen molar-refractivity contribution >= 4 is 0 Å². The van der Waals surface area contributed by atoms with E-state index in [2.05, 4.69) is 35.9 Å². The van der Waals surface area contributed by atoms with E-state index in [9.17, 15) is 0 Å². The number of hydrogen-bond acceptors (Lipinski definition) is 3. The van der Waals surface area contributed by atoms with Crippen molar-refractivity contribution in [2.45, 2.75) is 52.5 Å². The second kappa shape index (κ2) is 7.05. The van der Waals surface area contributed by atoms with Crippen LogP contribution in [0.3, 0.4) is 0 Å². The van der Waals surface area contributed by atoms with Crippen LogP contribution in [-0.4, -0.2) is 61.7 Å². The third-order valence-corrected chi connectivity index (χ3v) is 5.00. The van der Waals surface area contributed by atoms with Crippen molar-refractivity contribution in [3.8, 4) is 0 Å². The minimum absolute atomic E-state index is 0.433. The van der Waals surface area contributed by atoms with Crippen LogP contribution in [0.4, 0.5) is 0 Å².